The van der Waals surface area contributed by atoms with Gasteiger partial charge in [-0.15, -0.1) is 0 Å². The van der Waals surface area contributed by atoms with Crippen molar-refractivity contribution < 1.29 is 9.90 Å². The lowest BCUT2D eigenvalue weighted by molar-refractivity contribution is -0.141. The first-order valence-corrected chi connectivity index (χ1v) is 7.31. The third-order valence-corrected chi connectivity index (χ3v) is 3.65. The zero-order valence-corrected chi connectivity index (χ0v) is 12.8. The van der Waals surface area contributed by atoms with E-state index in [-0.39, 0.29) is 0 Å². The number of aryl methyl sites for hydroxylation is 3. The molecule has 1 atom stereocenters. The van der Waals surface area contributed by atoms with Gasteiger partial charge in [0, 0.05) is 18.7 Å². The van der Waals surface area contributed by atoms with Crippen molar-refractivity contribution in [3.05, 3.63) is 52.8 Å². The molecule has 21 heavy (non-hydrogen) atoms. The maximum Gasteiger partial charge on any atom is 0.307 e. The summed E-state index contributed by atoms with van der Waals surface area (Å²) in [5.74, 6) is -1.17. The van der Waals surface area contributed by atoms with Crippen molar-refractivity contribution in [1.29, 1.82) is 0 Å². The van der Waals surface area contributed by atoms with Crippen LogP contribution in [0.3, 0.4) is 0 Å². The summed E-state index contributed by atoms with van der Waals surface area (Å²) >= 11 is 0. The smallest absolute Gasteiger partial charge is 0.307 e. The second kappa shape index (κ2) is 6.57. The molecule has 0 fully saturated rings. The largest absolute Gasteiger partial charge is 0.481 e. The summed E-state index contributed by atoms with van der Waals surface area (Å²) in [5.41, 5.74) is 4.16. The van der Waals surface area contributed by atoms with Gasteiger partial charge in [0.25, 0.3) is 0 Å². The molecule has 0 aliphatic heterocycles. The normalized spacial score (nSPS) is 12.3. The average molecular weight is 286 g/mol. The number of carboxylic acids is 1. The molecule has 0 aliphatic rings. The van der Waals surface area contributed by atoms with Crippen LogP contribution in [0.4, 0.5) is 0 Å². The summed E-state index contributed by atoms with van der Waals surface area (Å²) in [7, 11) is 0. The van der Waals surface area contributed by atoms with Crippen molar-refractivity contribution in [2.45, 2.75) is 40.2 Å². The van der Waals surface area contributed by atoms with E-state index >= 15 is 0 Å². The van der Waals surface area contributed by atoms with E-state index in [1.807, 2.05) is 49.7 Å². The molecule has 0 amide bonds. The first-order chi connectivity index (χ1) is 9.99. The van der Waals surface area contributed by atoms with E-state index in [1.165, 1.54) is 0 Å². The number of nitrogens with zero attached hydrogens (tertiary/aromatic N) is 2. The maximum atomic E-state index is 11.6. The quantitative estimate of drug-likeness (QED) is 0.888. The number of aromatic nitrogens is 2. The molecule has 0 saturated carbocycles. The Bertz CT molecular complexity index is 631. The molecule has 2 aromatic rings. The van der Waals surface area contributed by atoms with Gasteiger partial charge in [-0.1, -0.05) is 29.8 Å². The van der Waals surface area contributed by atoms with Crippen LogP contribution in [0.25, 0.3) is 0 Å². The number of rotatable bonds is 6. The lowest BCUT2D eigenvalue weighted by atomic mass is 9.94. The Balaban J connectivity index is 2.17. The molecular formula is C17H22N2O2. The Morgan fingerprint density at radius 2 is 2.05 bits per heavy atom. The Morgan fingerprint density at radius 1 is 1.29 bits per heavy atom. The molecule has 0 bridgehead atoms. The second-order valence-corrected chi connectivity index (χ2v) is 5.53. The summed E-state index contributed by atoms with van der Waals surface area (Å²) < 4.78 is 1.89. The molecule has 0 spiro atoms. The van der Waals surface area contributed by atoms with E-state index in [1.54, 1.807) is 0 Å². The SMILES string of the molecule is CCn1nc(C)cc1CC(Cc1cccc(C)c1)C(=O)O. The average Bonchev–Trinajstić information content (AvgIpc) is 2.78. The number of hydrogen-bond acceptors (Lipinski definition) is 2. The highest BCUT2D eigenvalue weighted by Gasteiger charge is 2.21. The maximum absolute atomic E-state index is 11.6. The van der Waals surface area contributed by atoms with E-state index in [0.29, 0.717) is 12.8 Å². The van der Waals surface area contributed by atoms with E-state index in [2.05, 4.69) is 11.2 Å². The standard InChI is InChI=1S/C17H22N2O2/c1-4-19-16(9-13(3)18-19)11-15(17(20)21)10-14-7-5-6-12(2)8-14/h5-9,15H,4,10-11H2,1-3H3,(H,20,21). The van der Waals surface area contributed by atoms with Crippen LogP contribution in [-0.2, 0) is 24.2 Å². The third-order valence-electron chi connectivity index (χ3n) is 3.65. The van der Waals surface area contributed by atoms with Crippen LogP contribution in [0.2, 0.25) is 0 Å². The van der Waals surface area contributed by atoms with Crippen molar-refractivity contribution in [2.24, 2.45) is 5.92 Å². The zero-order chi connectivity index (χ0) is 15.4. The van der Waals surface area contributed by atoms with Crippen LogP contribution < -0.4 is 0 Å². The highest BCUT2D eigenvalue weighted by Crippen LogP contribution is 2.17. The Morgan fingerprint density at radius 3 is 2.67 bits per heavy atom. The van der Waals surface area contributed by atoms with E-state index in [9.17, 15) is 9.90 Å². The molecule has 1 aromatic heterocycles. The van der Waals surface area contributed by atoms with Gasteiger partial charge in [-0.3, -0.25) is 9.48 Å². The predicted molar refractivity (Wildman–Crippen MR) is 82.4 cm³/mol. The van der Waals surface area contributed by atoms with Crippen molar-refractivity contribution in [3.63, 3.8) is 0 Å². The van der Waals surface area contributed by atoms with Gasteiger partial charge in [0.05, 0.1) is 11.6 Å². The van der Waals surface area contributed by atoms with Gasteiger partial charge in [0.15, 0.2) is 0 Å². The number of carboxylic acid groups (broad SMARTS) is 1. The fourth-order valence-corrected chi connectivity index (χ4v) is 2.66. The van der Waals surface area contributed by atoms with Gasteiger partial charge < -0.3 is 5.11 Å². The monoisotopic (exact) mass is 286 g/mol. The van der Waals surface area contributed by atoms with E-state index in [0.717, 1.165) is 29.1 Å². The molecule has 2 rings (SSSR count). The minimum atomic E-state index is -0.752. The van der Waals surface area contributed by atoms with Gasteiger partial charge in [-0.05, 0) is 38.8 Å². The minimum absolute atomic E-state index is 0.423. The highest BCUT2D eigenvalue weighted by atomic mass is 16.4. The van der Waals surface area contributed by atoms with Gasteiger partial charge in [-0.25, -0.2) is 0 Å². The fourth-order valence-electron chi connectivity index (χ4n) is 2.66. The Labute approximate surface area is 125 Å². The summed E-state index contributed by atoms with van der Waals surface area (Å²) in [6.45, 7) is 6.74. The van der Waals surface area contributed by atoms with Crippen LogP contribution >= 0.6 is 0 Å². The summed E-state index contributed by atoms with van der Waals surface area (Å²) in [5, 5.41) is 13.9. The predicted octanol–water partition coefficient (Wildman–Crippen LogP) is 3.01. The van der Waals surface area contributed by atoms with Crippen LogP contribution in [0.5, 0.6) is 0 Å². The van der Waals surface area contributed by atoms with Crippen molar-refractivity contribution in [2.75, 3.05) is 0 Å². The highest BCUT2D eigenvalue weighted by molar-refractivity contribution is 5.70. The molecular weight excluding hydrogens is 264 g/mol. The van der Waals surface area contributed by atoms with Crippen LogP contribution in [0.1, 0.15) is 29.4 Å². The van der Waals surface area contributed by atoms with E-state index in [4.69, 9.17) is 0 Å². The zero-order valence-electron chi connectivity index (χ0n) is 12.8. The third kappa shape index (κ3) is 3.94. The molecule has 1 aromatic carbocycles. The van der Waals surface area contributed by atoms with Crippen LogP contribution in [0, 0.1) is 19.8 Å². The second-order valence-electron chi connectivity index (χ2n) is 5.53. The van der Waals surface area contributed by atoms with Crippen molar-refractivity contribution in [1.82, 2.24) is 9.78 Å². The lowest BCUT2D eigenvalue weighted by Gasteiger charge is -2.13. The first kappa shape index (κ1) is 15.3. The number of benzene rings is 1. The molecule has 1 N–H and O–H groups in total. The summed E-state index contributed by atoms with van der Waals surface area (Å²) in [6.07, 6.45) is 1.06. The lowest BCUT2D eigenvalue weighted by Crippen LogP contribution is -2.21. The fraction of sp³-hybridized carbons (Fsp3) is 0.412. The number of carbonyl (C=O) groups is 1. The number of hydrogen-bond donors (Lipinski definition) is 1. The molecule has 0 saturated heterocycles. The van der Waals surface area contributed by atoms with Gasteiger partial charge in [-0.2, -0.15) is 5.10 Å². The molecule has 112 valence electrons. The molecule has 0 radical (unpaired) electrons. The van der Waals surface area contributed by atoms with Crippen molar-refractivity contribution in [3.8, 4) is 0 Å². The molecule has 0 aliphatic carbocycles. The Kier molecular flexibility index (Phi) is 4.78. The van der Waals surface area contributed by atoms with Crippen LogP contribution in [-0.4, -0.2) is 20.9 Å². The molecule has 4 heteroatoms. The minimum Gasteiger partial charge on any atom is -0.481 e. The van der Waals surface area contributed by atoms with Gasteiger partial charge >= 0.3 is 5.97 Å². The topological polar surface area (TPSA) is 55.1 Å². The summed E-state index contributed by atoms with van der Waals surface area (Å²) in [6, 6.07) is 10.0. The van der Waals surface area contributed by atoms with Crippen molar-refractivity contribution >= 4 is 5.97 Å². The first-order valence-electron chi connectivity index (χ1n) is 7.31. The van der Waals surface area contributed by atoms with Gasteiger partial charge in [0.1, 0.15) is 0 Å². The number of aliphatic carboxylic acids is 1. The van der Waals surface area contributed by atoms with E-state index < -0.39 is 11.9 Å². The molecule has 1 unspecified atom stereocenters. The molecule has 1 heterocycles. The van der Waals surface area contributed by atoms with Gasteiger partial charge in [0.2, 0.25) is 0 Å². The summed E-state index contributed by atoms with van der Waals surface area (Å²) in [4.78, 5) is 11.6. The van der Waals surface area contributed by atoms with Crippen LogP contribution in [0.15, 0.2) is 30.3 Å². The molecule has 4 nitrogen and oxygen atoms in total. The Hall–Kier alpha value is -2.10.